The van der Waals surface area contributed by atoms with Gasteiger partial charge in [-0.15, -0.1) is 0 Å². The summed E-state index contributed by atoms with van der Waals surface area (Å²) in [7, 11) is 0. The molecule has 4 aromatic rings. The Bertz CT molecular complexity index is 1680. The maximum Gasteiger partial charge on any atom is 0.272 e. The van der Waals surface area contributed by atoms with Gasteiger partial charge in [0.2, 0.25) is 0 Å². The molecule has 0 radical (unpaired) electrons. The highest BCUT2D eigenvalue weighted by Gasteiger charge is 2.36. The number of carbonyl (C=O) groups is 2. The summed E-state index contributed by atoms with van der Waals surface area (Å²) in [5, 5.41) is 15.0. The average Bonchev–Trinajstić information content (AvgIpc) is 3.64. The average molecular weight is 553 g/mol. The van der Waals surface area contributed by atoms with E-state index < -0.39 is 11.8 Å². The number of para-hydroxylation sites is 1. The Balaban J connectivity index is 1.64. The minimum atomic E-state index is -0.659. The number of carbonyl (C=O) groups excluding carboxylic acids is 2. The number of ether oxygens (including phenoxy) is 1. The second-order valence-electron chi connectivity index (χ2n) is 9.15. The van der Waals surface area contributed by atoms with Gasteiger partial charge in [-0.2, -0.15) is 10.4 Å². The van der Waals surface area contributed by atoms with Gasteiger partial charge < -0.3 is 9.15 Å². The molecule has 0 spiro atoms. The van der Waals surface area contributed by atoms with Crippen LogP contribution in [0.4, 0.5) is 0 Å². The molecule has 0 saturated heterocycles. The van der Waals surface area contributed by atoms with Gasteiger partial charge in [-0.3, -0.25) is 14.5 Å². The molecule has 2 amide bonds. The van der Waals surface area contributed by atoms with E-state index in [0.717, 1.165) is 17.0 Å². The van der Waals surface area contributed by atoms with Crippen molar-refractivity contribution in [3.8, 4) is 28.8 Å². The highest BCUT2D eigenvalue weighted by Crippen LogP contribution is 2.35. The summed E-state index contributed by atoms with van der Waals surface area (Å²) >= 11 is 6.54. The third-order valence-electron chi connectivity index (χ3n) is 6.45. The molecule has 2 aromatic carbocycles. The third-order valence-corrected chi connectivity index (χ3v) is 6.74. The van der Waals surface area contributed by atoms with E-state index in [0.29, 0.717) is 45.5 Å². The molecule has 1 aliphatic rings. The van der Waals surface area contributed by atoms with E-state index in [1.54, 1.807) is 48.1 Å². The van der Waals surface area contributed by atoms with Crippen LogP contribution >= 0.6 is 11.6 Å². The predicted octanol–water partition coefficient (Wildman–Crippen LogP) is 6.37. The molecule has 2 aromatic heterocycles. The number of furan rings is 1. The van der Waals surface area contributed by atoms with Crippen molar-refractivity contribution in [2.24, 2.45) is 0 Å². The Hall–Kier alpha value is -4.87. The zero-order valence-electron chi connectivity index (χ0n) is 21.9. The maximum absolute atomic E-state index is 13.6. The largest absolute Gasteiger partial charge is 0.492 e. The SMILES string of the molecule is CCCOc1ccc(-c2nn(-c3ccccc3)cc2/C=C2/C(=O)N(Cc3ccco3)C(=O)C(C#N)=C2C)cc1Cl. The van der Waals surface area contributed by atoms with Crippen LogP contribution in [0.25, 0.3) is 23.0 Å². The predicted molar refractivity (Wildman–Crippen MR) is 150 cm³/mol. The van der Waals surface area contributed by atoms with E-state index in [9.17, 15) is 14.9 Å². The minimum Gasteiger partial charge on any atom is -0.492 e. The molecule has 5 rings (SSSR count). The second kappa shape index (κ2) is 11.5. The number of halogens is 1. The van der Waals surface area contributed by atoms with Crippen molar-refractivity contribution in [3.63, 3.8) is 0 Å². The van der Waals surface area contributed by atoms with E-state index in [2.05, 4.69) is 0 Å². The van der Waals surface area contributed by atoms with Crippen molar-refractivity contribution in [2.75, 3.05) is 6.61 Å². The monoisotopic (exact) mass is 552 g/mol. The second-order valence-corrected chi connectivity index (χ2v) is 9.56. The molecule has 0 N–H and O–H groups in total. The van der Waals surface area contributed by atoms with Crippen LogP contribution in [0.15, 0.2) is 94.3 Å². The first-order chi connectivity index (χ1) is 19.4. The lowest BCUT2D eigenvalue weighted by Crippen LogP contribution is -2.42. The summed E-state index contributed by atoms with van der Waals surface area (Å²) < 4.78 is 12.8. The zero-order chi connectivity index (χ0) is 28.2. The molecule has 8 nitrogen and oxygen atoms in total. The molecular formula is C31H25ClN4O4. The van der Waals surface area contributed by atoms with Crippen LogP contribution in [-0.2, 0) is 16.1 Å². The minimum absolute atomic E-state index is 0.0918. The van der Waals surface area contributed by atoms with Gasteiger partial charge in [0.05, 0.1) is 30.1 Å². The topological polar surface area (TPSA) is 101 Å². The number of rotatable bonds is 8. The van der Waals surface area contributed by atoms with Gasteiger partial charge in [0.25, 0.3) is 11.8 Å². The van der Waals surface area contributed by atoms with Crippen molar-refractivity contribution in [1.82, 2.24) is 14.7 Å². The van der Waals surface area contributed by atoms with Gasteiger partial charge in [0, 0.05) is 22.9 Å². The van der Waals surface area contributed by atoms with E-state index in [1.807, 2.05) is 49.4 Å². The molecule has 3 heterocycles. The van der Waals surface area contributed by atoms with Gasteiger partial charge in [0.1, 0.15) is 28.8 Å². The van der Waals surface area contributed by atoms with Crippen LogP contribution in [0.1, 0.15) is 31.6 Å². The summed E-state index contributed by atoms with van der Waals surface area (Å²) in [6.45, 7) is 4.07. The summed E-state index contributed by atoms with van der Waals surface area (Å²) in [5.74, 6) is -0.192. The first kappa shape index (κ1) is 26.7. The zero-order valence-corrected chi connectivity index (χ0v) is 22.7. The van der Waals surface area contributed by atoms with E-state index in [4.69, 9.17) is 25.9 Å². The van der Waals surface area contributed by atoms with Crippen LogP contribution in [-0.4, -0.2) is 33.1 Å². The summed E-state index contributed by atoms with van der Waals surface area (Å²) in [5.41, 5.74) is 3.11. The molecule has 0 atom stereocenters. The number of amides is 2. The smallest absolute Gasteiger partial charge is 0.272 e. The Morgan fingerprint density at radius 3 is 2.58 bits per heavy atom. The van der Waals surface area contributed by atoms with Crippen LogP contribution in [0.3, 0.4) is 0 Å². The molecule has 0 saturated carbocycles. The molecule has 0 unspecified atom stereocenters. The van der Waals surface area contributed by atoms with Gasteiger partial charge in [0.15, 0.2) is 0 Å². The Morgan fingerprint density at radius 1 is 1.10 bits per heavy atom. The Morgan fingerprint density at radius 2 is 1.90 bits per heavy atom. The van der Waals surface area contributed by atoms with Crippen LogP contribution in [0, 0.1) is 11.3 Å². The highest BCUT2D eigenvalue weighted by atomic mass is 35.5. The summed E-state index contributed by atoms with van der Waals surface area (Å²) in [4.78, 5) is 27.7. The van der Waals surface area contributed by atoms with Gasteiger partial charge in [-0.25, -0.2) is 4.68 Å². The van der Waals surface area contributed by atoms with Crippen molar-refractivity contribution >= 4 is 29.5 Å². The normalized spacial score (nSPS) is 14.7. The van der Waals surface area contributed by atoms with Gasteiger partial charge >= 0.3 is 0 Å². The Labute approximate surface area is 236 Å². The summed E-state index contributed by atoms with van der Waals surface area (Å²) in [6.07, 6.45) is 5.77. The highest BCUT2D eigenvalue weighted by molar-refractivity contribution is 6.32. The third kappa shape index (κ3) is 5.20. The number of hydrogen-bond donors (Lipinski definition) is 0. The van der Waals surface area contributed by atoms with Crippen molar-refractivity contribution in [1.29, 1.82) is 5.26 Å². The standard InChI is InChI=1S/C31H25ClN4O4/c1-3-13-40-28-12-11-21(16-27(28)32)29-22(18-36(34-29)23-8-5-4-6-9-23)15-25-20(2)26(17-33)31(38)35(30(25)37)19-24-10-7-14-39-24/h4-12,14-16,18H,3,13,19H2,1-2H3/b25-15+. The lowest BCUT2D eigenvalue weighted by Gasteiger charge is -2.26. The lowest BCUT2D eigenvalue weighted by molar-refractivity contribution is -0.141. The first-order valence-electron chi connectivity index (χ1n) is 12.7. The number of hydrogen-bond acceptors (Lipinski definition) is 6. The summed E-state index contributed by atoms with van der Waals surface area (Å²) in [6, 6.07) is 20.3. The molecule has 40 heavy (non-hydrogen) atoms. The fraction of sp³-hybridized carbons (Fsp3) is 0.161. The molecule has 0 bridgehead atoms. The van der Waals surface area contributed by atoms with Gasteiger partial charge in [-0.05, 0) is 67.5 Å². The first-order valence-corrected chi connectivity index (χ1v) is 13.1. The van der Waals surface area contributed by atoms with E-state index in [-0.39, 0.29) is 17.7 Å². The molecule has 1 aliphatic heterocycles. The molecule has 0 aliphatic carbocycles. The quantitative estimate of drug-likeness (QED) is 0.186. The molecule has 9 heteroatoms. The molecule has 200 valence electrons. The van der Waals surface area contributed by atoms with Crippen LogP contribution < -0.4 is 4.74 Å². The number of nitriles is 1. The number of aromatic nitrogens is 2. The number of nitrogens with zero attached hydrogens (tertiary/aromatic N) is 4. The number of benzene rings is 2. The van der Waals surface area contributed by atoms with Crippen molar-refractivity contribution < 1.29 is 18.7 Å². The van der Waals surface area contributed by atoms with E-state index in [1.165, 1.54) is 6.26 Å². The van der Waals surface area contributed by atoms with Crippen LogP contribution in [0.2, 0.25) is 5.02 Å². The Kier molecular flexibility index (Phi) is 7.67. The fourth-order valence-electron chi connectivity index (χ4n) is 4.39. The van der Waals surface area contributed by atoms with Crippen molar-refractivity contribution in [3.05, 3.63) is 106 Å². The molecule has 0 fully saturated rings. The van der Waals surface area contributed by atoms with Gasteiger partial charge in [-0.1, -0.05) is 36.7 Å². The lowest BCUT2D eigenvalue weighted by atomic mass is 9.93. The van der Waals surface area contributed by atoms with Crippen LogP contribution in [0.5, 0.6) is 5.75 Å². The number of imide groups is 1. The van der Waals surface area contributed by atoms with E-state index >= 15 is 0 Å². The fourth-order valence-corrected chi connectivity index (χ4v) is 4.63. The molecular weight excluding hydrogens is 528 g/mol. The van der Waals surface area contributed by atoms with Crippen molar-refractivity contribution in [2.45, 2.75) is 26.8 Å². The maximum atomic E-state index is 13.6.